The number of nitrogens with zero attached hydrogens (tertiary/aromatic N) is 4. The van der Waals surface area contributed by atoms with Crippen molar-refractivity contribution in [1.82, 2.24) is 20.2 Å². The molecule has 1 unspecified atom stereocenters. The number of amides is 3. The normalized spacial score (nSPS) is 19.3. The maximum atomic E-state index is 12.7. The summed E-state index contributed by atoms with van der Waals surface area (Å²) in [6.07, 6.45) is 3.78. The minimum absolute atomic E-state index is 0.171. The second kappa shape index (κ2) is 11.6. The first-order valence-electron chi connectivity index (χ1n) is 13.2. The molecule has 10 nitrogen and oxygen atoms in total. The first-order valence-corrected chi connectivity index (χ1v) is 13.2. The number of alkyl carbamates (subject to hydrolysis) is 1. The van der Waals surface area contributed by atoms with Crippen LogP contribution >= 0.6 is 0 Å². The van der Waals surface area contributed by atoms with Crippen LogP contribution in [0.5, 0.6) is 5.75 Å². The Balaban J connectivity index is 1.38. The largest absolute Gasteiger partial charge is 0.490 e. The van der Waals surface area contributed by atoms with Crippen LogP contribution in [0.1, 0.15) is 40.0 Å². The number of rotatable bonds is 6. The van der Waals surface area contributed by atoms with Crippen LogP contribution in [0.3, 0.4) is 0 Å². The Morgan fingerprint density at radius 1 is 1.08 bits per heavy atom. The Labute approximate surface area is 218 Å². The Kier molecular flexibility index (Phi) is 8.51. The third-order valence-corrected chi connectivity index (χ3v) is 6.99. The van der Waals surface area contributed by atoms with Crippen molar-refractivity contribution in [3.63, 3.8) is 0 Å². The highest BCUT2D eigenvalue weighted by Gasteiger charge is 2.42. The minimum Gasteiger partial charge on any atom is -0.490 e. The van der Waals surface area contributed by atoms with E-state index in [9.17, 15) is 14.7 Å². The van der Waals surface area contributed by atoms with Gasteiger partial charge in [-0.2, -0.15) is 5.01 Å². The quantitative estimate of drug-likeness (QED) is 0.571. The summed E-state index contributed by atoms with van der Waals surface area (Å²) in [5.74, 6) is 0.706. The van der Waals surface area contributed by atoms with Crippen LogP contribution in [-0.4, -0.2) is 101 Å². The van der Waals surface area contributed by atoms with Crippen molar-refractivity contribution < 1.29 is 28.8 Å². The van der Waals surface area contributed by atoms with E-state index in [2.05, 4.69) is 15.3 Å². The SMILES string of the molecule is CC(C)(C)OC(=O)NC(=O)N1CC[N+](CC(O)COc2cccc3ncccc23)(N2CCCCC2)CC1. The molecule has 202 valence electrons. The molecule has 3 heterocycles. The molecule has 0 bridgehead atoms. The van der Waals surface area contributed by atoms with Gasteiger partial charge in [0, 0.05) is 24.7 Å². The van der Waals surface area contributed by atoms with Crippen molar-refractivity contribution >= 4 is 23.0 Å². The molecule has 0 aliphatic carbocycles. The fourth-order valence-corrected chi connectivity index (χ4v) is 5.22. The second-order valence-electron chi connectivity index (χ2n) is 10.9. The molecule has 3 amide bonds. The van der Waals surface area contributed by atoms with E-state index in [4.69, 9.17) is 9.47 Å². The second-order valence-corrected chi connectivity index (χ2v) is 10.9. The number of hydrogen-bond acceptors (Lipinski definition) is 7. The average Bonchev–Trinajstić information content (AvgIpc) is 2.87. The number of aliphatic hydroxyl groups excluding tert-OH is 1. The summed E-state index contributed by atoms with van der Waals surface area (Å²) in [5.41, 5.74) is 0.180. The van der Waals surface area contributed by atoms with Gasteiger partial charge in [0.05, 0.1) is 18.6 Å². The van der Waals surface area contributed by atoms with E-state index in [1.165, 1.54) is 6.42 Å². The van der Waals surface area contributed by atoms with Gasteiger partial charge in [-0.1, -0.05) is 12.5 Å². The molecule has 1 aromatic carbocycles. The monoisotopic (exact) mass is 514 g/mol. The average molecular weight is 515 g/mol. The Hall–Kier alpha value is -2.95. The fraction of sp³-hybridized carbons (Fsp3) is 0.593. The van der Waals surface area contributed by atoms with Gasteiger partial charge in [0.15, 0.2) is 0 Å². The third-order valence-electron chi connectivity index (χ3n) is 6.99. The Bertz CT molecular complexity index is 1070. The number of carbonyl (C=O) groups is 2. The van der Waals surface area contributed by atoms with Crippen LogP contribution in [-0.2, 0) is 4.74 Å². The highest BCUT2D eigenvalue weighted by atomic mass is 16.6. The van der Waals surface area contributed by atoms with Crippen LogP contribution in [0, 0.1) is 0 Å². The van der Waals surface area contributed by atoms with E-state index in [0.29, 0.717) is 43.1 Å². The summed E-state index contributed by atoms with van der Waals surface area (Å²) in [6.45, 7) is 10.2. The van der Waals surface area contributed by atoms with E-state index in [1.54, 1.807) is 31.9 Å². The van der Waals surface area contributed by atoms with Gasteiger partial charge in [-0.05, 0) is 57.9 Å². The number of quaternary nitrogens is 1. The van der Waals surface area contributed by atoms with Gasteiger partial charge in [0.25, 0.3) is 0 Å². The van der Waals surface area contributed by atoms with E-state index in [1.807, 2.05) is 30.3 Å². The van der Waals surface area contributed by atoms with E-state index in [0.717, 1.165) is 36.8 Å². The molecule has 2 aromatic rings. The zero-order valence-corrected chi connectivity index (χ0v) is 22.2. The van der Waals surface area contributed by atoms with Crippen molar-refractivity contribution in [2.45, 2.75) is 51.7 Å². The molecule has 10 heteroatoms. The molecule has 2 N–H and O–H groups in total. The van der Waals surface area contributed by atoms with Crippen molar-refractivity contribution in [2.24, 2.45) is 0 Å². The molecule has 0 spiro atoms. The molecule has 1 atom stereocenters. The zero-order valence-electron chi connectivity index (χ0n) is 22.2. The number of piperazine rings is 1. The number of benzene rings is 1. The summed E-state index contributed by atoms with van der Waals surface area (Å²) in [6, 6.07) is 9.13. The first kappa shape index (κ1) is 27.1. The number of aliphatic hydroxyl groups is 1. The Morgan fingerprint density at radius 3 is 2.51 bits per heavy atom. The summed E-state index contributed by atoms with van der Waals surface area (Å²) in [7, 11) is 0. The van der Waals surface area contributed by atoms with Gasteiger partial charge >= 0.3 is 12.1 Å². The fourth-order valence-electron chi connectivity index (χ4n) is 5.22. The maximum absolute atomic E-state index is 12.7. The number of imide groups is 1. The molecule has 4 rings (SSSR count). The lowest BCUT2D eigenvalue weighted by Crippen LogP contribution is -2.71. The molecule has 1 aromatic heterocycles. The first-order chi connectivity index (χ1) is 17.7. The minimum atomic E-state index is -0.740. The van der Waals surface area contributed by atoms with Gasteiger partial charge in [0.2, 0.25) is 0 Å². The molecule has 2 aliphatic heterocycles. The van der Waals surface area contributed by atoms with E-state index >= 15 is 0 Å². The number of piperidine rings is 1. The number of pyridine rings is 1. The zero-order chi connectivity index (χ0) is 26.5. The lowest BCUT2D eigenvalue weighted by atomic mass is 10.1. The van der Waals surface area contributed by atoms with Crippen LogP contribution < -0.4 is 10.1 Å². The lowest BCUT2D eigenvalue weighted by molar-refractivity contribution is -1.04. The molecule has 0 saturated carbocycles. The standard InChI is InChI=1S/C27H39N5O5/c1-27(2,3)37-26(35)29-25(34)30-15-17-32(18-16-30,31-13-5-4-6-14-31)19-21(33)20-36-24-11-7-10-23-22(24)9-8-12-28-23/h7-12,21,33H,4-6,13-20H2,1-3H3/p+1. The van der Waals surface area contributed by atoms with E-state index in [-0.39, 0.29) is 6.61 Å². The van der Waals surface area contributed by atoms with Gasteiger partial charge in [-0.25, -0.2) is 19.5 Å². The number of aromatic nitrogens is 1. The predicted molar refractivity (Wildman–Crippen MR) is 140 cm³/mol. The third kappa shape index (κ3) is 7.09. The van der Waals surface area contributed by atoms with Crippen LogP contribution in [0.2, 0.25) is 0 Å². The molecular formula is C27H40N5O5+. The van der Waals surface area contributed by atoms with Crippen molar-refractivity contribution in [3.8, 4) is 5.75 Å². The van der Waals surface area contributed by atoms with Gasteiger partial charge in [-0.15, -0.1) is 0 Å². The molecular weight excluding hydrogens is 474 g/mol. The highest BCUT2D eigenvalue weighted by Crippen LogP contribution is 2.26. The van der Waals surface area contributed by atoms with Crippen molar-refractivity contribution in [3.05, 3.63) is 36.5 Å². The summed E-state index contributed by atoms with van der Waals surface area (Å²) < 4.78 is 11.9. The van der Waals surface area contributed by atoms with E-state index < -0.39 is 23.8 Å². The predicted octanol–water partition coefficient (Wildman–Crippen LogP) is 3.15. The molecule has 2 fully saturated rings. The number of nitrogens with one attached hydrogen (secondary N) is 1. The number of urea groups is 1. The number of fused-ring (bicyclic) bond motifs is 1. The van der Waals surface area contributed by atoms with Crippen molar-refractivity contribution in [2.75, 3.05) is 52.4 Å². The molecule has 2 aliphatic rings. The van der Waals surface area contributed by atoms with Gasteiger partial charge < -0.3 is 19.5 Å². The maximum Gasteiger partial charge on any atom is 0.415 e. The topological polar surface area (TPSA) is 104 Å². The van der Waals surface area contributed by atoms with Crippen LogP contribution in [0.15, 0.2) is 36.5 Å². The smallest absolute Gasteiger partial charge is 0.415 e. The van der Waals surface area contributed by atoms with Gasteiger partial charge in [0.1, 0.15) is 43.7 Å². The summed E-state index contributed by atoms with van der Waals surface area (Å²) in [4.78, 5) is 30.8. The van der Waals surface area contributed by atoms with Gasteiger partial charge in [-0.3, -0.25) is 4.98 Å². The van der Waals surface area contributed by atoms with Crippen LogP contribution in [0.25, 0.3) is 10.9 Å². The summed E-state index contributed by atoms with van der Waals surface area (Å²) >= 11 is 0. The lowest BCUT2D eigenvalue weighted by Gasteiger charge is -2.51. The van der Waals surface area contributed by atoms with Crippen molar-refractivity contribution in [1.29, 1.82) is 0 Å². The van der Waals surface area contributed by atoms with Crippen LogP contribution in [0.4, 0.5) is 9.59 Å². The highest BCUT2D eigenvalue weighted by molar-refractivity contribution is 5.90. The Morgan fingerprint density at radius 2 is 1.81 bits per heavy atom. The number of hydrogen-bond donors (Lipinski definition) is 2. The summed E-state index contributed by atoms with van der Waals surface area (Å²) in [5, 5.41) is 16.8. The molecule has 0 radical (unpaired) electrons. The molecule has 2 saturated heterocycles. The number of carbonyl (C=O) groups excluding carboxylic acids is 2. The number of ether oxygens (including phenoxy) is 2. The molecule has 37 heavy (non-hydrogen) atoms.